The number of hydrogen-bond acceptors (Lipinski definition) is 2. The Balaban J connectivity index is 1.64. The second-order valence-corrected chi connectivity index (χ2v) is 7.06. The van der Waals surface area contributed by atoms with Crippen molar-refractivity contribution in [1.29, 1.82) is 0 Å². The summed E-state index contributed by atoms with van der Waals surface area (Å²) < 4.78 is 0. The second kappa shape index (κ2) is 8.60. The zero-order valence-corrected chi connectivity index (χ0v) is 15.2. The van der Waals surface area contributed by atoms with Gasteiger partial charge in [0.15, 0.2) is 6.54 Å². The van der Waals surface area contributed by atoms with Crippen LogP contribution in [0.25, 0.3) is 0 Å². The normalized spacial score (nSPS) is 11.9. The third-order valence-corrected chi connectivity index (χ3v) is 5.18. The predicted molar refractivity (Wildman–Crippen MR) is 102 cm³/mol. The summed E-state index contributed by atoms with van der Waals surface area (Å²) in [6, 6.07) is 24.8. The Bertz CT molecular complexity index is 772. The van der Waals surface area contributed by atoms with Crippen LogP contribution >= 0.6 is 11.3 Å². The van der Waals surface area contributed by atoms with Crippen LogP contribution in [0.1, 0.15) is 22.0 Å². The van der Waals surface area contributed by atoms with Crippen LogP contribution in [0.15, 0.2) is 78.2 Å². The molecule has 25 heavy (non-hydrogen) atoms. The van der Waals surface area contributed by atoms with Crippen molar-refractivity contribution in [2.24, 2.45) is 0 Å². The fourth-order valence-electron chi connectivity index (χ4n) is 2.87. The molecule has 0 bridgehead atoms. The number of benzene rings is 2. The molecule has 1 aromatic heterocycles. The molecule has 2 N–H and O–H groups in total. The van der Waals surface area contributed by atoms with E-state index < -0.39 is 0 Å². The van der Waals surface area contributed by atoms with Gasteiger partial charge in [-0.2, -0.15) is 0 Å². The lowest BCUT2D eigenvalue weighted by Gasteiger charge is -2.19. The molecule has 3 rings (SSSR count). The summed E-state index contributed by atoms with van der Waals surface area (Å²) in [7, 11) is 1.87. The van der Waals surface area contributed by atoms with Gasteiger partial charge in [-0.3, -0.25) is 4.79 Å². The molecule has 0 saturated carbocycles. The zero-order valence-electron chi connectivity index (χ0n) is 14.3. The van der Waals surface area contributed by atoms with E-state index in [1.54, 1.807) is 16.2 Å². The molecule has 0 aliphatic rings. The van der Waals surface area contributed by atoms with Crippen LogP contribution in [0.5, 0.6) is 0 Å². The van der Waals surface area contributed by atoms with E-state index >= 15 is 0 Å². The molecule has 1 atom stereocenters. The summed E-state index contributed by atoms with van der Waals surface area (Å²) in [6.07, 6.45) is 0. The minimum atomic E-state index is 0.140. The largest absolute Gasteiger partial charge is 0.337 e. The summed E-state index contributed by atoms with van der Waals surface area (Å²) in [5.41, 5.74) is 2.37. The fourth-order valence-corrected chi connectivity index (χ4v) is 3.72. The number of carbonyl (C=O) groups excluding carboxylic acids is 1. The molecule has 0 fully saturated rings. The molecular weight excluding hydrogens is 328 g/mol. The number of carbonyl (C=O) groups is 1. The number of quaternary nitrogens is 1. The van der Waals surface area contributed by atoms with Crippen molar-refractivity contribution in [2.45, 2.75) is 12.6 Å². The number of rotatable bonds is 7. The molecule has 0 radical (unpaired) electrons. The molecule has 0 aliphatic heterocycles. The first-order valence-corrected chi connectivity index (χ1v) is 9.31. The van der Waals surface area contributed by atoms with Crippen LogP contribution in [0, 0.1) is 0 Å². The Morgan fingerprint density at radius 3 is 2.32 bits per heavy atom. The lowest BCUT2D eigenvalue weighted by Crippen LogP contribution is -2.87. The molecule has 3 aromatic rings. The Morgan fingerprint density at radius 2 is 1.68 bits per heavy atom. The van der Waals surface area contributed by atoms with E-state index in [1.807, 2.05) is 55.6 Å². The van der Waals surface area contributed by atoms with Crippen molar-refractivity contribution in [1.82, 2.24) is 4.90 Å². The molecule has 4 heteroatoms. The first-order chi connectivity index (χ1) is 12.2. The highest BCUT2D eigenvalue weighted by Crippen LogP contribution is 2.22. The van der Waals surface area contributed by atoms with Crippen molar-refractivity contribution in [2.75, 3.05) is 13.6 Å². The molecule has 0 spiro atoms. The van der Waals surface area contributed by atoms with Gasteiger partial charge in [-0.05, 0) is 17.0 Å². The zero-order chi connectivity index (χ0) is 17.5. The Morgan fingerprint density at radius 1 is 1.00 bits per heavy atom. The first-order valence-electron chi connectivity index (χ1n) is 8.43. The van der Waals surface area contributed by atoms with E-state index in [9.17, 15) is 4.79 Å². The van der Waals surface area contributed by atoms with Gasteiger partial charge in [0.1, 0.15) is 6.04 Å². The molecule has 0 saturated heterocycles. The highest BCUT2D eigenvalue weighted by Gasteiger charge is 2.21. The lowest BCUT2D eigenvalue weighted by atomic mass is 10.1. The topological polar surface area (TPSA) is 36.9 Å². The van der Waals surface area contributed by atoms with Gasteiger partial charge in [-0.1, -0.05) is 66.7 Å². The number of nitrogens with zero attached hydrogens (tertiary/aromatic N) is 1. The van der Waals surface area contributed by atoms with E-state index in [-0.39, 0.29) is 11.9 Å². The molecule has 1 amide bonds. The van der Waals surface area contributed by atoms with Crippen LogP contribution < -0.4 is 5.32 Å². The molecule has 1 heterocycles. The molecule has 2 aromatic carbocycles. The van der Waals surface area contributed by atoms with E-state index in [1.165, 1.54) is 10.4 Å². The Hall–Kier alpha value is -2.43. The van der Waals surface area contributed by atoms with Crippen LogP contribution in [-0.4, -0.2) is 24.4 Å². The molecule has 0 unspecified atom stereocenters. The smallest absolute Gasteiger partial charge is 0.277 e. The van der Waals surface area contributed by atoms with Gasteiger partial charge in [0.25, 0.3) is 5.91 Å². The van der Waals surface area contributed by atoms with Gasteiger partial charge in [-0.25, -0.2) is 0 Å². The summed E-state index contributed by atoms with van der Waals surface area (Å²) in [4.78, 5) is 15.6. The van der Waals surface area contributed by atoms with Gasteiger partial charge in [0, 0.05) is 19.2 Å². The molecular formula is C21H23N2OS+. The number of nitrogens with two attached hydrogens (primary N) is 1. The van der Waals surface area contributed by atoms with Gasteiger partial charge in [0.05, 0.1) is 4.88 Å². The van der Waals surface area contributed by atoms with Crippen molar-refractivity contribution < 1.29 is 10.1 Å². The van der Waals surface area contributed by atoms with E-state index in [4.69, 9.17) is 0 Å². The summed E-state index contributed by atoms with van der Waals surface area (Å²) >= 11 is 1.73. The third kappa shape index (κ3) is 4.78. The maximum Gasteiger partial charge on any atom is 0.277 e. The maximum absolute atomic E-state index is 12.6. The monoisotopic (exact) mass is 351 g/mol. The van der Waals surface area contributed by atoms with Crippen LogP contribution in [0.4, 0.5) is 0 Å². The predicted octanol–water partition coefficient (Wildman–Crippen LogP) is 3.06. The SMILES string of the molecule is CN(Cc1ccccc1)C(=O)C[NH2+][C@H](c1ccccc1)c1cccs1. The highest BCUT2D eigenvalue weighted by atomic mass is 32.1. The third-order valence-electron chi connectivity index (χ3n) is 4.22. The second-order valence-electron chi connectivity index (χ2n) is 6.08. The minimum Gasteiger partial charge on any atom is -0.337 e. The van der Waals surface area contributed by atoms with Crippen molar-refractivity contribution in [3.05, 3.63) is 94.2 Å². The maximum atomic E-state index is 12.6. The number of thiophene rings is 1. The molecule has 0 aliphatic carbocycles. The standard InChI is InChI=1S/C21H22N2OS/c1-23(16-17-9-4-2-5-10-17)20(24)15-22-21(19-13-8-14-25-19)18-11-6-3-7-12-18/h2-14,21-22H,15-16H2,1H3/p+1/t21-/m1/s1. The molecule has 3 nitrogen and oxygen atoms in total. The fraction of sp³-hybridized carbons (Fsp3) is 0.190. The Kier molecular flexibility index (Phi) is 5.99. The summed E-state index contributed by atoms with van der Waals surface area (Å²) in [6.45, 7) is 1.07. The summed E-state index contributed by atoms with van der Waals surface area (Å²) in [5, 5.41) is 4.22. The first kappa shape index (κ1) is 17.4. The number of amides is 1. The van der Waals surface area contributed by atoms with E-state index in [0.29, 0.717) is 13.1 Å². The lowest BCUT2D eigenvalue weighted by molar-refractivity contribution is -0.676. The van der Waals surface area contributed by atoms with Crippen molar-refractivity contribution >= 4 is 17.2 Å². The van der Waals surface area contributed by atoms with Gasteiger partial charge in [0.2, 0.25) is 0 Å². The summed E-state index contributed by atoms with van der Waals surface area (Å²) in [5.74, 6) is 0.140. The van der Waals surface area contributed by atoms with Gasteiger partial charge in [-0.15, -0.1) is 11.3 Å². The highest BCUT2D eigenvalue weighted by molar-refractivity contribution is 7.10. The van der Waals surface area contributed by atoms with Gasteiger partial charge < -0.3 is 10.2 Å². The van der Waals surface area contributed by atoms with E-state index in [0.717, 1.165) is 5.56 Å². The van der Waals surface area contributed by atoms with Crippen LogP contribution in [0.2, 0.25) is 0 Å². The number of likely N-dealkylation sites (N-methyl/N-ethyl adjacent to an activating group) is 1. The van der Waals surface area contributed by atoms with Crippen molar-refractivity contribution in [3.63, 3.8) is 0 Å². The van der Waals surface area contributed by atoms with Gasteiger partial charge >= 0.3 is 0 Å². The average Bonchev–Trinajstić information content (AvgIpc) is 3.18. The van der Waals surface area contributed by atoms with E-state index in [2.05, 4.69) is 35.0 Å². The Labute approximate surface area is 152 Å². The van der Waals surface area contributed by atoms with Crippen LogP contribution in [-0.2, 0) is 11.3 Å². The molecule has 128 valence electrons. The van der Waals surface area contributed by atoms with Crippen molar-refractivity contribution in [3.8, 4) is 0 Å². The van der Waals surface area contributed by atoms with Crippen LogP contribution in [0.3, 0.4) is 0 Å². The number of hydrogen-bond donors (Lipinski definition) is 1. The quantitative estimate of drug-likeness (QED) is 0.698. The average molecular weight is 351 g/mol. The minimum absolute atomic E-state index is 0.140.